The monoisotopic (exact) mass is 492 g/mol. The highest BCUT2D eigenvalue weighted by atomic mass is 16.5. The van der Waals surface area contributed by atoms with Crippen molar-refractivity contribution >= 4 is 34.2 Å². The fourth-order valence-electron chi connectivity index (χ4n) is 4.00. The second kappa shape index (κ2) is 10.2. The van der Waals surface area contributed by atoms with Gasteiger partial charge in [-0.2, -0.15) is 0 Å². The Kier molecular flexibility index (Phi) is 6.54. The van der Waals surface area contributed by atoms with Crippen molar-refractivity contribution in [2.45, 2.75) is 0 Å². The number of benzene rings is 4. The number of aromatic nitrogens is 2. The highest BCUT2D eigenvalue weighted by Crippen LogP contribution is 2.26. The first-order chi connectivity index (χ1) is 18.1. The third-order valence-electron chi connectivity index (χ3n) is 5.86. The number of rotatable bonds is 7. The van der Waals surface area contributed by atoms with Crippen molar-refractivity contribution in [3.63, 3.8) is 0 Å². The SMILES string of the molecule is COc1ccccc1C(=O)Nc1ccc(-c2nc3ccc(NC(=O)c4ccccc4OC)cc3[nH]2)cc1. The lowest BCUT2D eigenvalue weighted by molar-refractivity contribution is 0.101. The van der Waals surface area contributed by atoms with Gasteiger partial charge in [0.15, 0.2) is 0 Å². The predicted molar refractivity (Wildman–Crippen MR) is 143 cm³/mol. The molecule has 0 aliphatic carbocycles. The van der Waals surface area contributed by atoms with Gasteiger partial charge < -0.3 is 25.1 Å². The van der Waals surface area contributed by atoms with Gasteiger partial charge in [0.25, 0.3) is 11.8 Å². The molecule has 0 aliphatic rings. The summed E-state index contributed by atoms with van der Waals surface area (Å²) in [5.41, 5.74) is 4.59. The number of carbonyl (C=O) groups is 2. The van der Waals surface area contributed by atoms with Crippen LogP contribution in [0.1, 0.15) is 20.7 Å². The number of carbonyl (C=O) groups excluding carboxylic acids is 2. The van der Waals surface area contributed by atoms with Crippen LogP contribution in [0, 0.1) is 0 Å². The van der Waals surface area contributed by atoms with E-state index in [1.807, 2.05) is 48.5 Å². The van der Waals surface area contributed by atoms with E-state index in [9.17, 15) is 9.59 Å². The van der Waals surface area contributed by atoms with E-state index in [0.717, 1.165) is 16.6 Å². The summed E-state index contributed by atoms with van der Waals surface area (Å²) >= 11 is 0. The molecule has 8 nitrogen and oxygen atoms in total. The second-order valence-electron chi connectivity index (χ2n) is 8.20. The third kappa shape index (κ3) is 4.99. The molecule has 3 N–H and O–H groups in total. The molecule has 1 aromatic heterocycles. The molecule has 0 fully saturated rings. The number of H-pyrrole nitrogens is 1. The van der Waals surface area contributed by atoms with E-state index in [4.69, 9.17) is 9.47 Å². The summed E-state index contributed by atoms with van der Waals surface area (Å²) in [4.78, 5) is 33.3. The predicted octanol–water partition coefficient (Wildman–Crippen LogP) is 5.75. The van der Waals surface area contributed by atoms with Crippen LogP contribution < -0.4 is 20.1 Å². The summed E-state index contributed by atoms with van der Waals surface area (Å²) in [5.74, 6) is 1.18. The van der Waals surface area contributed by atoms with Crippen molar-refractivity contribution in [2.75, 3.05) is 24.9 Å². The van der Waals surface area contributed by atoms with Crippen molar-refractivity contribution < 1.29 is 19.1 Å². The first-order valence-electron chi connectivity index (χ1n) is 11.5. The third-order valence-corrected chi connectivity index (χ3v) is 5.86. The lowest BCUT2D eigenvalue weighted by atomic mass is 10.1. The van der Waals surface area contributed by atoms with E-state index < -0.39 is 0 Å². The van der Waals surface area contributed by atoms with Gasteiger partial charge in [-0.1, -0.05) is 24.3 Å². The van der Waals surface area contributed by atoms with Crippen molar-refractivity contribution in [3.05, 3.63) is 102 Å². The molecule has 5 rings (SSSR count). The molecule has 1 heterocycles. The minimum atomic E-state index is -0.262. The maximum atomic E-state index is 12.7. The van der Waals surface area contributed by atoms with Gasteiger partial charge in [0.05, 0.1) is 36.4 Å². The van der Waals surface area contributed by atoms with Crippen LogP contribution in [0.2, 0.25) is 0 Å². The second-order valence-corrected chi connectivity index (χ2v) is 8.20. The Morgan fingerprint density at radius 1 is 0.703 bits per heavy atom. The molecule has 0 bridgehead atoms. The highest BCUT2D eigenvalue weighted by Gasteiger charge is 2.14. The van der Waals surface area contributed by atoms with Crippen molar-refractivity contribution in [3.8, 4) is 22.9 Å². The molecule has 0 saturated heterocycles. The molecule has 4 aromatic carbocycles. The number of imidazole rings is 1. The summed E-state index contributed by atoms with van der Waals surface area (Å²) in [6, 6.07) is 27.0. The first-order valence-corrected chi connectivity index (χ1v) is 11.5. The summed E-state index contributed by atoms with van der Waals surface area (Å²) in [6.07, 6.45) is 0. The summed E-state index contributed by atoms with van der Waals surface area (Å²) in [5, 5.41) is 5.79. The smallest absolute Gasteiger partial charge is 0.259 e. The largest absolute Gasteiger partial charge is 0.496 e. The van der Waals surface area contributed by atoms with Crippen LogP contribution >= 0.6 is 0 Å². The van der Waals surface area contributed by atoms with Crippen LogP contribution in [-0.2, 0) is 0 Å². The highest BCUT2D eigenvalue weighted by molar-refractivity contribution is 6.07. The Morgan fingerprint density at radius 2 is 1.24 bits per heavy atom. The van der Waals surface area contributed by atoms with Gasteiger partial charge in [0, 0.05) is 16.9 Å². The number of aromatic amines is 1. The molecule has 0 unspecified atom stereocenters. The van der Waals surface area contributed by atoms with Crippen LogP contribution in [0.4, 0.5) is 11.4 Å². The first kappa shape index (κ1) is 23.6. The molecule has 0 radical (unpaired) electrons. The minimum Gasteiger partial charge on any atom is -0.496 e. The van der Waals surface area contributed by atoms with E-state index in [-0.39, 0.29) is 11.8 Å². The molecule has 0 aliphatic heterocycles. The average molecular weight is 493 g/mol. The number of nitrogens with zero attached hydrogens (tertiary/aromatic N) is 1. The molecule has 0 atom stereocenters. The van der Waals surface area contributed by atoms with Crippen molar-refractivity contribution in [1.29, 1.82) is 0 Å². The number of ether oxygens (including phenoxy) is 2. The number of para-hydroxylation sites is 2. The van der Waals surface area contributed by atoms with Gasteiger partial charge in [-0.3, -0.25) is 9.59 Å². The number of hydrogen-bond donors (Lipinski definition) is 3. The van der Waals surface area contributed by atoms with E-state index in [2.05, 4.69) is 20.6 Å². The van der Waals surface area contributed by atoms with E-state index in [0.29, 0.717) is 39.8 Å². The zero-order valence-corrected chi connectivity index (χ0v) is 20.2. The van der Waals surface area contributed by atoms with Crippen molar-refractivity contribution in [1.82, 2.24) is 9.97 Å². The maximum Gasteiger partial charge on any atom is 0.259 e. The van der Waals surface area contributed by atoms with E-state index in [1.54, 1.807) is 42.5 Å². The standard InChI is InChI=1S/C29H24N4O4/c1-36-25-9-5-3-7-21(25)28(34)30-19-13-11-18(12-14-19)27-32-23-16-15-20(17-24(23)33-27)31-29(35)22-8-4-6-10-26(22)37-2/h3-17H,1-2H3,(H,30,34)(H,31,35)(H,32,33). The maximum absolute atomic E-state index is 12.7. The number of anilines is 2. The Morgan fingerprint density at radius 3 is 1.84 bits per heavy atom. The molecule has 37 heavy (non-hydrogen) atoms. The van der Waals surface area contributed by atoms with E-state index in [1.165, 1.54) is 14.2 Å². The summed E-state index contributed by atoms with van der Waals surface area (Å²) in [7, 11) is 3.07. The Hall–Kier alpha value is -5.11. The van der Waals surface area contributed by atoms with Crippen LogP contribution in [0.3, 0.4) is 0 Å². The Labute approximate surface area is 213 Å². The number of nitrogens with one attached hydrogen (secondary N) is 3. The lowest BCUT2D eigenvalue weighted by Crippen LogP contribution is -2.13. The normalized spacial score (nSPS) is 10.6. The van der Waals surface area contributed by atoms with Crippen molar-refractivity contribution in [2.24, 2.45) is 0 Å². The zero-order valence-electron chi connectivity index (χ0n) is 20.2. The van der Waals surface area contributed by atoms with Crippen LogP contribution in [0.15, 0.2) is 91.0 Å². The number of fused-ring (bicyclic) bond motifs is 1. The molecule has 0 spiro atoms. The van der Waals surface area contributed by atoms with Crippen LogP contribution in [0.5, 0.6) is 11.5 Å². The Bertz CT molecular complexity index is 1590. The Balaban J connectivity index is 1.31. The van der Waals surface area contributed by atoms with Crippen LogP contribution in [-0.4, -0.2) is 36.0 Å². The van der Waals surface area contributed by atoms with Gasteiger partial charge in [-0.05, 0) is 66.7 Å². The molecule has 184 valence electrons. The fraction of sp³-hybridized carbons (Fsp3) is 0.0690. The van der Waals surface area contributed by atoms with Gasteiger partial charge in [0.1, 0.15) is 17.3 Å². The van der Waals surface area contributed by atoms with Gasteiger partial charge >= 0.3 is 0 Å². The van der Waals surface area contributed by atoms with E-state index >= 15 is 0 Å². The average Bonchev–Trinajstić information content (AvgIpc) is 3.36. The van der Waals surface area contributed by atoms with Gasteiger partial charge in [0.2, 0.25) is 0 Å². The molecular weight excluding hydrogens is 468 g/mol. The molecule has 5 aromatic rings. The molecular formula is C29H24N4O4. The molecule has 2 amide bonds. The fourth-order valence-corrected chi connectivity index (χ4v) is 4.00. The lowest BCUT2D eigenvalue weighted by Gasteiger charge is -2.09. The number of amides is 2. The quantitative estimate of drug-likeness (QED) is 0.268. The van der Waals surface area contributed by atoms with Gasteiger partial charge in [-0.25, -0.2) is 4.98 Å². The zero-order chi connectivity index (χ0) is 25.8. The minimum absolute atomic E-state index is 0.253. The summed E-state index contributed by atoms with van der Waals surface area (Å²) < 4.78 is 10.6. The number of methoxy groups -OCH3 is 2. The molecule has 8 heteroatoms. The molecule has 0 saturated carbocycles. The summed E-state index contributed by atoms with van der Waals surface area (Å²) in [6.45, 7) is 0. The van der Waals surface area contributed by atoms with Gasteiger partial charge in [-0.15, -0.1) is 0 Å². The van der Waals surface area contributed by atoms with Crippen LogP contribution in [0.25, 0.3) is 22.4 Å². The number of hydrogen-bond acceptors (Lipinski definition) is 5. The topological polar surface area (TPSA) is 105 Å².